The van der Waals surface area contributed by atoms with Crippen LogP contribution < -0.4 is 0 Å². The Balaban J connectivity index is 2.64. The van der Waals surface area contributed by atoms with Crippen molar-refractivity contribution in [2.75, 3.05) is 14.1 Å². The molecule has 0 saturated heterocycles. The molecule has 1 aromatic carbocycles. The summed E-state index contributed by atoms with van der Waals surface area (Å²) in [6.07, 6.45) is 0. The molecule has 3 nitrogen and oxygen atoms in total. The molecule has 0 bridgehead atoms. The van der Waals surface area contributed by atoms with Gasteiger partial charge in [0.1, 0.15) is 5.69 Å². The van der Waals surface area contributed by atoms with Crippen LogP contribution in [-0.4, -0.2) is 29.5 Å². The van der Waals surface area contributed by atoms with Crippen LogP contribution in [0.2, 0.25) is 0 Å². The average molecular weight is 281 g/mol. The Morgan fingerprint density at radius 1 is 1.31 bits per heavy atom. The molecule has 84 valence electrons. The second-order valence-corrected chi connectivity index (χ2v) is 4.91. The van der Waals surface area contributed by atoms with Crippen molar-refractivity contribution in [2.24, 2.45) is 7.05 Å². The smallest absolute Gasteiger partial charge is 0.269 e. The van der Waals surface area contributed by atoms with E-state index in [1.807, 2.05) is 35.9 Å². The summed E-state index contributed by atoms with van der Waals surface area (Å²) in [5, 5.41) is 1.07. The molecule has 2 rings (SSSR count). The lowest BCUT2D eigenvalue weighted by molar-refractivity contribution is 0.0819. The van der Waals surface area contributed by atoms with Gasteiger partial charge in [0, 0.05) is 36.5 Å². The summed E-state index contributed by atoms with van der Waals surface area (Å²) in [6.45, 7) is 0. The highest BCUT2D eigenvalue weighted by Crippen LogP contribution is 2.23. The van der Waals surface area contributed by atoms with Gasteiger partial charge in [-0.05, 0) is 24.3 Å². The van der Waals surface area contributed by atoms with Crippen molar-refractivity contribution in [3.8, 4) is 0 Å². The first-order chi connectivity index (χ1) is 7.50. The molecule has 16 heavy (non-hydrogen) atoms. The number of halogens is 1. The monoisotopic (exact) mass is 280 g/mol. The van der Waals surface area contributed by atoms with Crippen LogP contribution in [0.3, 0.4) is 0 Å². The quantitative estimate of drug-likeness (QED) is 0.789. The van der Waals surface area contributed by atoms with Crippen LogP contribution in [0.1, 0.15) is 10.5 Å². The summed E-state index contributed by atoms with van der Waals surface area (Å²) in [5.41, 5.74) is 1.77. The number of aromatic nitrogens is 1. The SMILES string of the molecule is CN(C)C(=O)c1cc2cc(Br)ccc2n1C. The fraction of sp³-hybridized carbons (Fsp3) is 0.250. The molecule has 0 spiro atoms. The van der Waals surface area contributed by atoms with Gasteiger partial charge in [-0.1, -0.05) is 15.9 Å². The molecule has 4 heteroatoms. The lowest BCUT2D eigenvalue weighted by Gasteiger charge is -2.10. The number of aryl methyl sites for hydroxylation is 1. The fourth-order valence-electron chi connectivity index (χ4n) is 1.75. The van der Waals surface area contributed by atoms with Gasteiger partial charge in [0.2, 0.25) is 0 Å². The van der Waals surface area contributed by atoms with Crippen LogP contribution >= 0.6 is 15.9 Å². The van der Waals surface area contributed by atoms with Crippen LogP contribution in [0.15, 0.2) is 28.7 Å². The number of rotatable bonds is 1. The van der Waals surface area contributed by atoms with Crippen molar-refractivity contribution >= 4 is 32.7 Å². The van der Waals surface area contributed by atoms with E-state index in [2.05, 4.69) is 15.9 Å². The highest BCUT2D eigenvalue weighted by atomic mass is 79.9. The minimum atomic E-state index is 0.0230. The number of hydrogen-bond donors (Lipinski definition) is 0. The topological polar surface area (TPSA) is 25.2 Å². The van der Waals surface area contributed by atoms with Crippen LogP contribution in [0.5, 0.6) is 0 Å². The molecule has 1 amide bonds. The first-order valence-electron chi connectivity index (χ1n) is 4.97. The Morgan fingerprint density at radius 3 is 2.62 bits per heavy atom. The molecule has 0 aliphatic rings. The Kier molecular flexibility index (Phi) is 2.76. The number of nitrogens with zero attached hydrogens (tertiary/aromatic N) is 2. The molecular formula is C12H13BrN2O. The molecular weight excluding hydrogens is 268 g/mol. The van der Waals surface area contributed by atoms with E-state index in [0.29, 0.717) is 5.69 Å². The van der Waals surface area contributed by atoms with Gasteiger partial charge in [-0.25, -0.2) is 0 Å². The Morgan fingerprint density at radius 2 is 2.00 bits per heavy atom. The van der Waals surface area contributed by atoms with Crippen LogP contribution in [0.4, 0.5) is 0 Å². The predicted octanol–water partition coefficient (Wildman–Crippen LogP) is 2.64. The standard InChI is InChI=1S/C12H13BrN2O/c1-14(2)12(16)11-7-8-6-9(13)4-5-10(8)15(11)3/h4-7H,1-3H3. The van der Waals surface area contributed by atoms with E-state index in [-0.39, 0.29) is 5.91 Å². The zero-order chi connectivity index (χ0) is 11.9. The largest absolute Gasteiger partial charge is 0.343 e. The first-order valence-corrected chi connectivity index (χ1v) is 5.76. The third-order valence-corrected chi connectivity index (χ3v) is 3.12. The number of carbonyl (C=O) groups excluding carboxylic acids is 1. The minimum Gasteiger partial charge on any atom is -0.343 e. The Bertz CT molecular complexity index is 557. The van der Waals surface area contributed by atoms with E-state index in [0.717, 1.165) is 15.4 Å². The van der Waals surface area contributed by atoms with Crippen molar-refractivity contribution in [2.45, 2.75) is 0 Å². The Labute approximate surface area is 103 Å². The maximum absolute atomic E-state index is 11.9. The lowest BCUT2D eigenvalue weighted by atomic mass is 10.2. The molecule has 1 heterocycles. The van der Waals surface area contributed by atoms with E-state index in [9.17, 15) is 4.79 Å². The molecule has 0 aliphatic heterocycles. The fourth-order valence-corrected chi connectivity index (χ4v) is 2.13. The van der Waals surface area contributed by atoms with Gasteiger partial charge in [-0.15, -0.1) is 0 Å². The summed E-state index contributed by atoms with van der Waals surface area (Å²) in [5.74, 6) is 0.0230. The molecule has 1 aromatic heterocycles. The number of benzene rings is 1. The number of amides is 1. The zero-order valence-electron chi connectivity index (χ0n) is 9.49. The summed E-state index contributed by atoms with van der Waals surface area (Å²) in [6, 6.07) is 7.92. The van der Waals surface area contributed by atoms with Gasteiger partial charge >= 0.3 is 0 Å². The average Bonchev–Trinajstić information content (AvgIpc) is 2.54. The minimum absolute atomic E-state index is 0.0230. The van der Waals surface area contributed by atoms with E-state index in [1.165, 1.54) is 0 Å². The third kappa shape index (κ3) is 1.73. The van der Waals surface area contributed by atoms with Gasteiger partial charge < -0.3 is 9.47 Å². The maximum Gasteiger partial charge on any atom is 0.269 e. The van der Waals surface area contributed by atoms with E-state index >= 15 is 0 Å². The van der Waals surface area contributed by atoms with Crippen molar-refractivity contribution < 1.29 is 4.79 Å². The van der Waals surface area contributed by atoms with Gasteiger partial charge in [0.15, 0.2) is 0 Å². The summed E-state index contributed by atoms with van der Waals surface area (Å²) >= 11 is 3.43. The van der Waals surface area contributed by atoms with Gasteiger partial charge in [0.25, 0.3) is 5.91 Å². The maximum atomic E-state index is 11.9. The molecule has 2 aromatic rings. The molecule has 0 fully saturated rings. The normalized spacial score (nSPS) is 10.8. The van der Waals surface area contributed by atoms with Crippen LogP contribution in [0.25, 0.3) is 10.9 Å². The highest BCUT2D eigenvalue weighted by molar-refractivity contribution is 9.10. The zero-order valence-corrected chi connectivity index (χ0v) is 11.1. The number of hydrogen-bond acceptors (Lipinski definition) is 1. The second-order valence-electron chi connectivity index (χ2n) is 3.99. The molecule has 0 unspecified atom stereocenters. The van der Waals surface area contributed by atoms with Crippen molar-refractivity contribution in [1.82, 2.24) is 9.47 Å². The predicted molar refractivity (Wildman–Crippen MR) is 68.6 cm³/mol. The number of fused-ring (bicyclic) bond motifs is 1. The summed E-state index contributed by atoms with van der Waals surface area (Å²) in [4.78, 5) is 13.5. The summed E-state index contributed by atoms with van der Waals surface area (Å²) < 4.78 is 2.94. The van der Waals surface area contributed by atoms with Crippen molar-refractivity contribution in [3.63, 3.8) is 0 Å². The van der Waals surface area contributed by atoms with Crippen molar-refractivity contribution in [3.05, 3.63) is 34.4 Å². The van der Waals surface area contributed by atoms with Crippen LogP contribution in [0, 0.1) is 0 Å². The second kappa shape index (κ2) is 3.94. The van der Waals surface area contributed by atoms with Gasteiger partial charge in [-0.3, -0.25) is 4.79 Å². The van der Waals surface area contributed by atoms with Crippen LogP contribution in [-0.2, 0) is 7.05 Å². The molecule has 0 atom stereocenters. The molecule has 0 N–H and O–H groups in total. The first kappa shape index (κ1) is 11.2. The third-order valence-electron chi connectivity index (χ3n) is 2.63. The molecule has 0 saturated carbocycles. The molecule has 0 aliphatic carbocycles. The Hall–Kier alpha value is -1.29. The highest BCUT2D eigenvalue weighted by Gasteiger charge is 2.14. The number of carbonyl (C=O) groups is 1. The summed E-state index contributed by atoms with van der Waals surface area (Å²) in [7, 11) is 5.43. The molecule has 0 radical (unpaired) electrons. The van der Waals surface area contributed by atoms with E-state index in [4.69, 9.17) is 0 Å². The van der Waals surface area contributed by atoms with Gasteiger partial charge in [0.05, 0.1) is 0 Å². The van der Waals surface area contributed by atoms with Crippen molar-refractivity contribution in [1.29, 1.82) is 0 Å². The van der Waals surface area contributed by atoms with Gasteiger partial charge in [-0.2, -0.15) is 0 Å². The van der Waals surface area contributed by atoms with E-state index in [1.54, 1.807) is 19.0 Å². The lowest BCUT2D eigenvalue weighted by Crippen LogP contribution is -2.23. The van der Waals surface area contributed by atoms with E-state index < -0.39 is 0 Å².